The van der Waals surface area contributed by atoms with E-state index in [1.807, 2.05) is 41.1 Å². The van der Waals surface area contributed by atoms with E-state index in [-0.39, 0.29) is 5.91 Å². The molecule has 2 rings (SSSR count). The number of likely N-dealkylation sites (tertiary alicyclic amines) is 1. The topological polar surface area (TPSA) is 103 Å². The summed E-state index contributed by atoms with van der Waals surface area (Å²) in [5.41, 5.74) is 0. The van der Waals surface area contributed by atoms with E-state index < -0.39 is 11.9 Å². The van der Waals surface area contributed by atoms with Crippen molar-refractivity contribution in [2.75, 3.05) is 24.6 Å². The first-order valence-corrected chi connectivity index (χ1v) is 9.70. The second kappa shape index (κ2) is 12.7. The van der Waals surface area contributed by atoms with Crippen LogP contribution in [-0.2, 0) is 14.4 Å². The third kappa shape index (κ3) is 8.39. The van der Waals surface area contributed by atoms with Crippen LogP contribution in [0.3, 0.4) is 0 Å². The molecule has 1 aromatic heterocycles. The van der Waals surface area contributed by atoms with Gasteiger partial charge >= 0.3 is 11.9 Å². The zero-order chi connectivity index (χ0) is 20.9. The van der Waals surface area contributed by atoms with Crippen molar-refractivity contribution in [3.8, 4) is 0 Å². The smallest absolute Gasteiger partial charge is 0.328 e. The van der Waals surface area contributed by atoms with Gasteiger partial charge in [-0.3, -0.25) is 9.47 Å². The van der Waals surface area contributed by atoms with Gasteiger partial charge in [0.2, 0.25) is 5.91 Å². The molecule has 0 saturated carbocycles. The molecule has 0 unspecified atom stereocenters. The molecule has 0 aromatic carbocycles. The Morgan fingerprint density at radius 3 is 2.00 bits per heavy atom. The lowest BCUT2D eigenvalue weighted by Crippen LogP contribution is -2.52. The molecule has 8 nitrogen and oxygen atoms in total. The number of hydrogen-bond donors (Lipinski definition) is 2. The van der Waals surface area contributed by atoms with Gasteiger partial charge in [0, 0.05) is 44.1 Å². The van der Waals surface area contributed by atoms with Crippen LogP contribution < -0.4 is 5.01 Å². The quantitative estimate of drug-likeness (QED) is 0.657. The fraction of sp³-hybridized carbons (Fsp3) is 0.550. The minimum Gasteiger partial charge on any atom is -0.478 e. The third-order valence-electron chi connectivity index (χ3n) is 4.49. The van der Waals surface area contributed by atoms with Gasteiger partial charge in [-0.2, -0.15) is 0 Å². The Morgan fingerprint density at radius 1 is 1.04 bits per heavy atom. The van der Waals surface area contributed by atoms with Crippen molar-refractivity contribution >= 4 is 17.8 Å². The lowest BCUT2D eigenvalue weighted by Gasteiger charge is -2.38. The molecule has 2 N–H and O–H groups in total. The van der Waals surface area contributed by atoms with Gasteiger partial charge in [-0.05, 0) is 37.9 Å². The van der Waals surface area contributed by atoms with Crippen molar-refractivity contribution in [1.29, 1.82) is 0 Å². The number of aromatic nitrogens is 1. The summed E-state index contributed by atoms with van der Waals surface area (Å²) in [6.45, 7) is 7.60. The highest BCUT2D eigenvalue weighted by atomic mass is 16.4. The maximum Gasteiger partial charge on any atom is 0.328 e. The number of aliphatic carboxylic acids is 2. The van der Waals surface area contributed by atoms with Crippen molar-refractivity contribution in [2.45, 2.75) is 52.0 Å². The molecule has 0 bridgehead atoms. The molecular formula is C20H31N3O5. The van der Waals surface area contributed by atoms with E-state index in [1.54, 1.807) is 0 Å². The van der Waals surface area contributed by atoms with E-state index in [2.05, 4.69) is 11.8 Å². The Morgan fingerprint density at radius 2 is 1.57 bits per heavy atom. The second-order valence-corrected chi connectivity index (χ2v) is 6.59. The number of nitrogens with zero attached hydrogens (tertiary/aromatic N) is 3. The van der Waals surface area contributed by atoms with E-state index in [9.17, 15) is 14.4 Å². The highest BCUT2D eigenvalue weighted by Gasteiger charge is 2.27. The van der Waals surface area contributed by atoms with Gasteiger partial charge in [0.25, 0.3) is 0 Å². The van der Waals surface area contributed by atoms with Gasteiger partial charge in [-0.1, -0.05) is 20.3 Å². The monoisotopic (exact) mass is 393 g/mol. The van der Waals surface area contributed by atoms with E-state index in [1.165, 1.54) is 19.4 Å². The summed E-state index contributed by atoms with van der Waals surface area (Å²) in [5.74, 6) is -2.30. The van der Waals surface area contributed by atoms with E-state index in [4.69, 9.17) is 10.2 Å². The maximum atomic E-state index is 12.3. The fourth-order valence-corrected chi connectivity index (χ4v) is 3.06. The van der Waals surface area contributed by atoms with E-state index >= 15 is 0 Å². The third-order valence-corrected chi connectivity index (χ3v) is 4.49. The number of carbonyl (C=O) groups excluding carboxylic acids is 1. The van der Waals surface area contributed by atoms with Gasteiger partial charge in [0.1, 0.15) is 0 Å². The summed E-state index contributed by atoms with van der Waals surface area (Å²) in [6.07, 6.45) is 10.3. The van der Waals surface area contributed by atoms with Crippen LogP contribution >= 0.6 is 0 Å². The predicted octanol–water partition coefficient (Wildman–Crippen LogP) is 2.34. The number of carboxylic acid groups (broad SMARTS) is 2. The van der Waals surface area contributed by atoms with Crippen molar-refractivity contribution in [3.63, 3.8) is 0 Å². The minimum absolute atomic E-state index is 0.216. The van der Waals surface area contributed by atoms with E-state index in [0.29, 0.717) is 24.6 Å². The number of carbonyl (C=O) groups is 3. The van der Waals surface area contributed by atoms with Crippen LogP contribution in [0.25, 0.3) is 0 Å². The number of rotatable bonds is 8. The number of carboxylic acids is 2. The molecule has 156 valence electrons. The molecule has 0 spiro atoms. The Bertz CT molecular complexity index is 618. The predicted molar refractivity (Wildman–Crippen MR) is 107 cm³/mol. The Kier molecular flexibility index (Phi) is 10.6. The molecule has 1 fully saturated rings. The SMILES string of the molecule is CCCCN1CCC(N(C(=O)CC)n2cccc2)CC1.O=C(O)C=CC(=O)O. The van der Waals surface area contributed by atoms with Crippen LogP contribution in [0.4, 0.5) is 0 Å². The van der Waals surface area contributed by atoms with Crippen LogP contribution in [-0.4, -0.2) is 63.3 Å². The molecule has 2 heterocycles. The van der Waals surface area contributed by atoms with Crippen LogP contribution in [0.1, 0.15) is 46.0 Å². The summed E-state index contributed by atoms with van der Waals surface area (Å²) < 4.78 is 1.96. The maximum absolute atomic E-state index is 12.3. The first kappa shape index (κ1) is 23.4. The summed E-state index contributed by atoms with van der Waals surface area (Å²) in [4.78, 5) is 33.9. The standard InChI is InChI=1S/C16H27N3O.C4H4O4/c1-3-5-10-17-13-8-15(9-14-17)19(16(20)4-2)18-11-6-7-12-18;5-3(6)1-2-4(7)8/h6-7,11-12,15H,3-5,8-10,13-14H2,1-2H3;1-2H,(H,5,6)(H,7,8). The number of hydrogen-bond acceptors (Lipinski definition) is 4. The van der Waals surface area contributed by atoms with Gasteiger partial charge in [-0.25, -0.2) is 14.6 Å². The molecule has 8 heteroatoms. The molecule has 1 aliphatic rings. The lowest BCUT2D eigenvalue weighted by atomic mass is 10.0. The lowest BCUT2D eigenvalue weighted by molar-refractivity contribution is -0.134. The molecule has 0 radical (unpaired) electrons. The number of amides is 1. The zero-order valence-corrected chi connectivity index (χ0v) is 16.7. The summed E-state index contributed by atoms with van der Waals surface area (Å²) in [7, 11) is 0. The molecule has 1 amide bonds. The molecular weight excluding hydrogens is 362 g/mol. The normalized spacial score (nSPS) is 15.1. The highest BCUT2D eigenvalue weighted by molar-refractivity contribution is 5.89. The van der Waals surface area contributed by atoms with E-state index in [0.717, 1.165) is 25.9 Å². The van der Waals surface area contributed by atoms with Crippen LogP contribution in [0.5, 0.6) is 0 Å². The molecule has 0 aliphatic carbocycles. The van der Waals surface area contributed by atoms with Gasteiger partial charge in [0.15, 0.2) is 0 Å². The second-order valence-electron chi connectivity index (χ2n) is 6.59. The van der Waals surface area contributed by atoms with Crippen molar-refractivity contribution in [1.82, 2.24) is 9.58 Å². The molecule has 28 heavy (non-hydrogen) atoms. The largest absolute Gasteiger partial charge is 0.478 e. The highest BCUT2D eigenvalue weighted by Crippen LogP contribution is 2.17. The first-order chi connectivity index (χ1) is 13.4. The van der Waals surface area contributed by atoms with Crippen LogP contribution in [0.2, 0.25) is 0 Å². The minimum atomic E-state index is -1.26. The van der Waals surface area contributed by atoms with Crippen molar-refractivity contribution < 1.29 is 24.6 Å². The Balaban J connectivity index is 0.000000416. The summed E-state index contributed by atoms with van der Waals surface area (Å²) in [6, 6.07) is 4.30. The number of piperidine rings is 1. The van der Waals surface area contributed by atoms with Crippen molar-refractivity contribution in [2.24, 2.45) is 0 Å². The van der Waals surface area contributed by atoms with Gasteiger partial charge in [0.05, 0.1) is 6.04 Å². The summed E-state index contributed by atoms with van der Waals surface area (Å²) >= 11 is 0. The number of unbranched alkanes of at least 4 members (excludes halogenated alkanes) is 1. The molecule has 1 aromatic rings. The fourth-order valence-electron chi connectivity index (χ4n) is 3.06. The zero-order valence-electron chi connectivity index (χ0n) is 16.7. The Labute approximate surface area is 166 Å². The van der Waals surface area contributed by atoms with Gasteiger partial charge < -0.3 is 15.1 Å². The average Bonchev–Trinajstić information content (AvgIpc) is 3.20. The van der Waals surface area contributed by atoms with Crippen molar-refractivity contribution in [3.05, 3.63) is 36.7 Å². The summed E-state index contributed by atoms with van der Waals surface area (Å²) in [5, 5.41) is 17.6. The first-order valence-electron chi connectivity index (χ1n) is 9.70. The molecule has 1 aliphatic heterocycles. The van der Waals surface area contributed by atoms with Crippen LogP contribution in [0.15, 0.2) is 36.7 Å². The van der Waals surface area contributed by atoms with Gasteiger partial charge in [-0.15, -0.1) is 0 Å². The molecule has 1 saturated heterocycles. The Hall–Kier alpha value is -2.61. The molecule has 0 atom stereocenters. The van der Waals surface area contributed by atoms with Crippen LogP contribution in [0, 0.1) is 0 Å². The average molecular weight is 393 g/mol.